The molecule has 0 unspecified atom stereocenters. The van der Waals surface area contributed by atoms with Gasteiger partial charge in [-0.1, -0.05) is 24.3 Å². The molecule has 2 saturated heterocycles. The van der Waals surface area contributed by atoms with Crippen molar-refractivity contribution in [2.75, 3.05) is 39.0 Å². The van der Waals surface area contributed by atoms with Crippen molar-refractivity contribution in [3.8, 4) is 11.4 Å². The number of fused-ring (bicyclic) bond motifs is 1. The summed E-state index contributed by atoms with van der Waals surface area (Å²) < 4.78 is 30.0. The predicted molar refractivity (Wildman–Crippen MR) is 181 cm³/mol. The van der Waals surface area contributed by atoms with E-state index in [0.717, 1.165) is 93.2 Å². The lowest BCUT2D eigenvalue weighted by atomic mass is 9.87. The maximum absolute atomic E-state index is 13.9. The molecule has 5 aromatic rings. The van der Waals surface area contributed by atoms with Crippen molar-refractivity contribution in [1.82, 2.24) is 29.3 Å². The highest BCUT2D eigenvalue weighted by molar-refractivity contribution is 5.92. The summed E-state index contributed by atoms with van der Waals surface area (Å²) in [6.07, 6.45) is 10.5. The molecule has 2 N–H and O–H groups in total. The number of rotatable bonds is 7. The van der Waals surface area contributed by atoms with Gasteiger partial charge in [-0.15, -0.1) is 0 Å². The van der Waals surface area contributed by atoms with E-state index in [2.05, 4.69) is 54.6 Å². The summed E-state index contributed by atoms with van der Waals surface area (Å²) in [6, 6.07) is 18.0. The summed E-state index contributed by atoms with van der Waals surface area (Å²) in [5.74, 6) is -0.131. The molecule has 7 rings (SSSR count). The molecule has 5 heterocycles. The summed E-state index contributed by atoms with van der Waals surface area (Å²) in [5.41, 5.74) is 11.4. The van der Waals surface area contributed by atoms with E-state index in [-0.39, 0.29) is 5.92 Å². The van der Waals surface area contributed by atoms with Gasteiger partial charge in [-0.25, -0.2) is 18.7 Å². The lowest BCUT2D eigenvalue weighted by Gasteiger charge is -2.29. The van der Waals surface area contributed by atoms with Crippen LogP contribution in [-0.2, 0) is 17.9 Å². The van der Waals surface area contributed by atoms with E-state index in [4.69, 9.17) is 5.73 Å². The maximum atomic E-state index is 13.9. The van der Waals surface area contributed by atoms with Crippen LogP contribution in [0.5, 0.6) is 0 Å². The van der Waals surface area contributed by atoms with Crippen LogP contribution in [0.2, 0.25) is 0 Å². The smallest absolute Gasteiger partial charge is 0.219 e. The van der Waals surface area contributed by atoms with Gasteiger partial charge in [-0.3, -0.25) is 9.88 Å². The standard InChI is InChI=1S/C26H25F2N3.C11H16N4O/c1-30-12-9-19(10-13-30)25-22-6-2-3-8-24(22)31(26(25)23-7-4-5-11-29-23)17-18-14-20(27)16-21(28)15-18;12-11-13-5-10(6-14-11)7-15-3-1-9(8-16)2-4-15/h2-8,11,14-16,19H,9-10,12-13,17H2,1H3;5-6,8-9H,1-4,7H2,(H2,12,13,14). The van der Waals surface area contributed by atoms with E-state index in [9.17, 15) is 13.6 Å². The minimum atomic E-state index is -0.554. The zero-order valence-corrected chi connectivity index (χ0v) is 26.7. The second kappa shape index (κ2) is 14.9. The predicted octanol–water partition coefficient (Wildman–Crippen LogP) is 6.31. The molecule has 2 fully saturated rings. The fourth-order valence-electron chi connectivity index (χ4n) is 6.82. The van der Waals surface area contributed by atoms with Crippen molar-refractivity contribution in [3.63, 3.8) is 0 Å². The number of piperidine rings is 2. The Kier molecular flexibility index (Phi) is 10.3. The lowest BCUT2D eigenvalue weighted by molar-refractivity contribution is -0.112. The second-order valence-corrected chi connectivity index (χ2v) is 12.6. The van der Waals surface area contributed by atoms with E-state index in [1.54, 1.807) is 18.6 Å². The van der Waals surface area contributed by atoms with Crippen LogP contribution in [-0.4, -0.2) is 68.8 Å². The number of aromatic nitrogens is 4. The van der Waals surface area contributed by atoms with Crippen LogP contribution >= 0.6 is 0 Å². The van der Waals surface area contributed by atoms with Gasteiger partial charge in [0, 0.05) is 60.1 Å². The Labute approximate surface area is 274 Å². The number of nitrogen functional groups attached to an aromatic ring is 1. The summed E-state index contributed by atoms with van der Waals surface area (Å²) in [6.45, 7) is 5.27. The number of halogens is 2. The Morgan fingerprint density at radius 2 is 1.51 bits per heavy atom. The number of benzene rings is 2. The Morgan fingerprint density at radius 1 is 0.830 bits per heavy atom. The first kappa shape index (κ1) is 32.4. The average Bonchev–Trinajstić information content (AvgIpc) is 3.40. The monoisotopic (exact) mass is 637 g/mol. The normalized spacial score (nSPS) is 16.6. The van der Waals surface area contributed by atoms with Gasteiger partial charge in [0.15, 0.2) is 0 Å². The van der Waals surface area contributed by atoms with Gasteiger partial charge in [0.25, 0.3) is 0 Å². The first-order chi connectivity index (χ1) is 22.9. The van der Waals surface area contributed by atoms with E-state index in [1.165, 1.54) is 23.1 Å². The first-order valence-electron chi connectivity index (χ1n) is 16.3. The van der Waals surface area contributed by atoms with Crippen molar-refractivity contribution in [2.45, 2.75) is 44.7 Å². The molecule has 0 saturated carbocycles. The largest absolute Gasteiger partial charge is 0.368 e. The van der Waals surface area contributed by atoms with Crippen LogP contribution in [0, 0.1) is 17.6 Å². The Bertz CT molecular complexity index is 1760. The van der Waals surface area contributed by atoms with Crippen LogP contribution in [0.3, 0.4) is 0 Å². The van der Waals surface area contributed by atoms with Gasteiger partial charge >= 0.3 is 0 Å². The summed E-state index contributed by atoms with van der Waals surface area (Å²) in [4.78, 5) is 27.9. The maximum Gasteiger partial charge on any atom is 0.219 e. The molecule has 2 aliphatic rings. The first-order valence-corrected chi connectivity index (χ1v) is 16.3. The molecule has 0 spiro atoms. The van der Waals surface area contributed by atoms with E-state index < -0.39 is 11.6 Å². The van der Waals surface area contributed by atoms with Crippen LogP contribution in [0.15, 0.2) is 79.3 Å². The average molecular weight is 638 g/mol. The highest BCUT2D eigenvalue weighted by Gasteiger charge is 2.28. The molecule has 47 heavy (non-hydrogen) atoms. The minimum absolute atomic E-state index is 0.249. The number of anilines is 1. The number of likely N-dealkylation sites (tertiary alicyclic amines) is 2. The van der Waals surface area contributed by atoms with Gasteiger partial charge < -0.3 is 20.0 Å². The van der Waals surface area contributed by atoms with Crippen LogP contribution in [0.1, 0.15) is 48.3 Å². The number of hydrogen-bond acceptors (Lipinski definition) is 7. The number of pyridine rings is 1. The van der Waals surface area contributed by atoms with Crippen LogP contribution < -0.4 is 5.73 Å². The lowest BCUT2D eigenvalue weighted by Crippen LogP contribution is -2.33. The zero-order valence-electron chi connectivity index (χ0n) is 26.7. The fourth-order valence-corrected chi connectivity index (χ4v) is 6.82. The highest BCUT2D eigenvalue weighted by atomic mass is 19.1. The van der Waals surface area contributed by atoms with E-state index in [1.807, 2.05) is 24.3 Å². The van der Waals surface area contributed by atoms with Crippen molar-refractivity contribution < 1.29 is 13.6 Å². The number of nitrogens with two attached hydrogens (primary N) is 1. The molecular weight excluding hydrogens is 596 g/mol. The van der Waals surface area contributed by atoms with E-state index >= 15 is 0 Å². The number of carbonyl (C=O) groups is 1. The molecule has 0 atom stereocenters. The third-order valence-corrected chi connectivity index (χ3v) is 9.26. The summed E-state index contributed by atoms with van der Waals surface area (Å²) >= 11 is 0. The fraction of sp³-hybridized carbons (Fsp3) is 0.351. The molecule has 244 valence electrons. The van der Waals surface area contributed by atoms with Gasteiger partial charge in [-0.2, -0.15) is 0 Å². The molecule has 10 heteroatoms. The van der Waals surface area contributed by atoms with Crippen LogP contribution in [0.4, 0.5) is 14.7 Å². The molecule has 0 aliphatic carbocycles. The Morgan fingerprint density at radius 3 is 2.17 bits per heavy atom. The molecule has 3 aromatic heterocycles. The van der Waals surface area contributed by atoms with E-state index in [0.29, 0.717) is 24.0 Å². The molecular formula is C37H41F2N7O. The van der Waals surface area contributed by atoms with Crippen molar-refractivity contribution in [3.05, 3.63) is 108 Å². The Balaban J connectivity index is 0.000000203. The van der Waals surface area contributed by atoms with Crippen LogP contribution in [0.25, 0.3) is 22.3 Å². The SMILES string of the molecule is CN1CCC(c2c(-c3ccccn3)n(Cc3cc(F)cc(F)c3)c3ccccc23)CC1.Nc1ncc(CN2CCC(C=O)CC2)cn1. The van der Waals surface area contributed by atoms with Gasteiger partial charge in [0.1, 0.15) is 17.9 Å². The third-order valence-electron chi connectivity index (χ3n) is 9.26. The number of hydrogen-bond donors (Lipinski definition) is 1. The minimum Gasteiger partial charge on any atom is -0.368 e. The summed E-state index contributed by atoms with van der Waals surface area (Å²) in [5, 5.41) is 1.20. The second-order valence-electron chi connectivity index (χ2n) is 12.6. The van der Waals surface area contributed by atoms with Crippen molar-refractivity contribution in [1.29, 1.82) is 0 Å². The highest BCUT2D eigenvalue weighted by Crippen LogP contribution is 2.42. The quantitative estimate of drug-likeness (QED) is 0.209. The molecule has 0 radical (unpaired) electrons. The number of aldehydes is 1. The molecule has 0 amide bonds. The van der Waals surface area contributed by atoms with Crippen molar-refractivity contribution in [2.24, 2.45) is 5.92 Å². The van der Waals surface area contributed by atoms with Gasteiger partial charge in [0.2, 0.25) is 5.95 Å². The summed E-state index contributed by atoms with van der Waals surface area (Å²) in [7, 11) is 2.16. The van der Waals surface area contributed by atoms with Gasteiger partial charge in [0.05, 0.1) is 11.4 Å². The molecule has 2 aromatic carbocycles. The number of nitrogens with zero attached hydrogens (tertiary/aromatic N) is 6. The molecule has 8 nitrogen and oxygen atoms in total. The topological polar surface area (TPSA) is 93.2 Å². The zero-order chi connectivity index (χ0) is 32.8. The molecule has 2 aliphatic heterocycles. The number of para-hydroxylation sites is 1. The number of carbonyl (C=O) groups excluding carboxylic acids is 1. The molecule has 0 bridgehead atoms. The Hall–Kier alpha value is -4.54. The third kappa shape index (κ3) is 7.89. The van der Waals surface area contributed by atoms with Gasteiger partial charge in [-0.05, 0) is 106 Å². The van der Waals surface area contributed by atoms with Crippen molar-refractivity contribution >= 4 is 23.1 Å².